The zero-order chi connectivity index (χ0) is 13.0. The maximum Gasteiger partial charge on any atom is 0.115 e. The SMILES string of the molecule is CN1CC[C@]23CCCCC2[C@@H]1Cc1ccc(O)cc13. The summed E-state index contributed by atoms with van der Waals surface area (Å²) in [4.78, 5) is 2.59. The molecule has 2 fully saturated rings. The molecule has 1 aromatic rings. The first kappa shape index (κ1) is 11.8. The molecule has 0 aromatic heterocycles. The third kappa shape index (κ3) is 1.53. The number of likely N-dealkylation sites (tertiary alicyclic amines) is 1. The summed E-state index contributed by atoms with van der Waals surface area (Å²) in [5.74, 6) is 1.27. The van der Waals surface area contributed by atoms with E-state index in [1.54, 1.807) is 0 Å². The average Bonchev–Trinajstić information content (AvgIpc) is 2.43. The lowest BCUT2D eigenvalue weighted by atomic mass is 9.52. The first-order valence-electron chi connectivity index (χ1n) is 7.73. The van der Waals surface area contributed by atoms with E-state index in [0.29, 0.717) is 11.2 Å². The van der Waals surface area contributed by atoms with E-state index in [0.717, 1.165) is 12.0 Å². The van der Waals surface area contributed by atoms with Crippen molar-refractivity contribution in [3.05, 3.63) is 29.3 Å². The van der Waals surface area contributed by atoms with Gasteiger partial charge in [-0.05, 0) is 68.5 Å². The van der Waals surface area contributed by atoms with Crippen LogP contribution in [0.3, 0.4) is 0 Å². The number of likely N-dealkylation sites (N-methyl/N-ethyl adjacent to an activating group) is 1. The van der Waals surface area contributed by atoms with Crippen molar-refractivity contribution in [3.63, 3.8) is 0 Å². The minimum absolute atomic E-state index is 0.377. The lowest BCUT2D eigenvalue weighted by Crippen LogP contribution is -2.59. The molecule has 1 N–H and O–H groups in total. The van der Waals surface area contributed by atoms with E-state index in [4.69, 9.17) is 0 Å². The van der Waals surface area contributed by atoms with Crippen LogP contribution in [0.4, 0.5) is 0 Å². The molecule has 2 bridgehead atoms. The molecule has 2 nitrogen and oxygen atoms in total. The zero-order valence-electron chi connectivity index (χ0n) is 11.7. The Hall–Kier alpha value is -1.02. The van der Waals surface area contributed by atoms with Crippen LogP contribution in [0.15, 0.2) is 18.2 Å². The number of hydrogen-bond acceptors (Lipinski definition) is 2. The van der Waals surface area contributed by atoms with Gasteiger partial charge >= 0.3 is 0 Å². The average molecular weight is 257 g/mol. The Bertz CT molecular complexity index is 512. The van der Waals surface area contributed by atoms with Crippen molar-refractivity contribution in [2.45, 2.75) is 50.0 Å². The Morgan fingerprint density at radius 1 is 1.26 bits per heavy atom. The zero-order valence-corrected chi connectivity index (χ0v) is 11.7. The molecular weight excluding hydrogens is 234 g/mol. The number of hydrogen-bond donors (Lipinski definition) is 1. The minimum Gasteiger partial charge on any atom is -0.508 e. The van der Waals surface area contributed by atoms with Crippen LogP contribution in [0.1, 0.15) is 43.2 Å². The molecule has 3 atom stereocenters. The third-order valence-corrected chi connectivity index (χ3v) is 6.10. The van der Waals surface area contributed by atoms with Gasteiger partial charge in [0.1, 0.15) is 5.75 Å². The molecule has 0 spiro atoms. The van der Waals surface area contributed by atoms with Crippen LogP contribution >= 0.6 is 0 Å². The van der Waals surface area contributed by atoms with Crippen LogP contribution in [0.2, 0.25) is 0 Å². The number of fused-ring (bicyclic) bond motifs is 1. The molecule has 0 radical (unpaired) electrons. The quantitative estimate of drug-likeness (QED) is 0.772. The van der Waals surface area contributed by atoms with Gasteiger partial charge in [0.25, 0.3) is 0 Å². The Morgan fingerprint density at radius 3 is 3.05 bits per heavy atom. The maximum absolute atomic E-state index is 9.91. The Morgan fingerprint density at radius 2 is 2.16 bits per heavy atom. The number of phenolic OH excluding ortho intramolecular Hbond substituents is 1. The van der Waals surface area contributed by atoms with Crippen molar-refractivity contribution in [1.82, 2.24) is 4.90 Å². The molecule has 2 heteroatoms. The number of aromatic hydroxyl groups is 1. The van der Waals surface area contributed by atoms with Gasteiger partial charge in [0.15, 0.2) is 0 Å². The molecule has 1 heterocycles. The predicted octanol–water partition coefficient (Wildman–Crippen LogP) is 3.08. The molecular formula is C17H23NO. The largest absolute Gasteiger partial charge is 0.508 e. The lowest BCUT2D eigenvalue weighted by Gasteiger charge is -2.58. The van der Waals surface area contributed by atoms with Gasteiger partial charge in [0, 0.05) is 11.5 Å². The highest BCUT2D eigenvalue weighted by Gasteiger charge is 2.52. The van der Waals surface area contributed by atoms with E-state index in [1.807, 2.05) is 6.07 Å². The minimum atomic E-state index is 0.377. The number of phenols is 1. The molecule has 1 aliphatic heterocycles. The van der Waals surface area contributed by atoms with Gasteiger partial charge in [-0.25, -0.2) is 0 Å². The monoisotopic (exact) mass is 257 g/mol. The summed E-state index contributed by atoms with van der Waals surface area (Å²) in [6, 6.07) is 6.85. The van der Waals surface area contributed by atoms with Crippen molar-refractivity contribution in [1.29, 1.82) is 0 Å². The van der Waals surface area contributed by atoms with E-state index in [-0.39, 0.29) is 0 Å². The summed E-state index contributed by atoms with van der Waals surface area (Å²) in [7, 11) is 2.30. The maximum atomic E-state index is 9.91. The molecule has 102 valence electrons. The van der Waals surface area contributed by atoms with Crippen LogP contribution in [0.25, 0.3) is 0 Å². The van der Waals surface area contributed by atoms with E-state index in [1.165, 1.54) is 56.2 Å². The van der Waals surface area contributed by atoms with Crippen molar-refractivity contribution >= 4 is 0 Å². The second kappa shape index (κ2) is 3.99. The number of piperidine rings is 1. The first-order valence-corrected chi connectivity index (χ1v) is 7.73. The second-order valence-corrected chi connectivity index (χ2v) is 6.85. The highest BCUT2D eigenvalue weighted by atomic mass is 16.3. The molecule has 1 unspecified atom stereocenters. The van der Waals surface area contributed by atoms with Crippen molar-refractivity contribution < 1.29 is 5.11 Å². The molecule has 19 heavy (non-hydrogen) atoms. The van der Waals surface area contributed by atoms with Crippen LogP contribution in [-0.2, 0) is 11.8 Å². The topological polar surface area (TPSA) is 23.5 Å². The van der Waals surface area contributed by atoms with E-state index in [9.17, 15) is 5.11 Å². The number of benzene rings is 1. The lowest BCUT2D eigenvalue weighted by molar-refractivity contribution is 0.00274. The highest BCUT2D eigenvalue weighted by molar-refractivity contribution is 5.45. The van der Waals surface area contributed by atoms with Crippen LogP contribution < -0.4 is 0 Å². The van der Waals surface area contributed by atoms with E-state index < -0.39 is 0 Å². The summed E-state index contributed by atoms with van der Waals surface area (Å²) in [5, 5.41) is 9.91. The second-order valence-electron chi connectivity index (χ2n) is 6.85. The third-order valence-electron chi connectivity index (χ3n) is 6.10. The molecule has 4 rings (SSSR count). The van der Waals surface area contributed by atoms with Crippen molar-refractivity contribution in [2.75, 3.05) is 13.6 Å². The molecule has 0 amide bonds. The molecule has 3 aliphatic rings. The fraction of sp³-hybridized carbons (Fsp3) is 0.647. The Kier molecular flexibility index (Phi) is 2.47. The number of nitrogens with zero attached hydrogens (tertiary/aromatic N) is 1. The standard InChI is InChI=1S/C17H23NO/c1-18-9-8-17-7-3-2-4-14(17)16(18)10-12-5-6-13(19)11-15(12)17/h5-6,11,14,16,19H,2-4,7-10H2,1H3/t14?,16-,17+/m0/s1. The van der Waals surface area contributed by atoms with Crippen LogP contribution in [0, 0.1) is 5.92 Å². The van der Waals surface area contributed by atoms with Gasteiger partial charge in [-0.1, -0.05) is 18.9 Å². The highest BCUT2D eigenvalue weighted by Crippen LogP contribution is 2.55. The summed E-state index contributed by atoms with van der Waals surface area (Å²) >= 11 is 0. The van der Waals surface area contributed by atoms with Crippen molar-refractivity contribution in [2.24, 2.45) is 5.92 Å². The Labute approximate surface area is 115 Å². The first-order chi connectivity index (χ1) is 9.21. The van der Waals surface area contributed by atoms with E-state index in [2.05, 4.69) is 24.1 Å². The normalized spacial score (nSPS) is 37.5. The summed E-state index contributed by atoms with van der Waals surface area (Å²) in [5.41, 5.74) is 3.36. The van der Waals surface area contributed by atoms with Crippen molar-refractivity contribution in [3.8, 4) is 5.75 Å². The smallest absolute Gasteiger partial charge is 0.115 e. The molecule has 1 saturated heterocycles. The van der Waals surface area contributed by atoms with Crippen LogP contribution in [0.5, 0.6) is 5.75 Å². The molecule has 1 aromatic carbocycles. The fourth-order valence-electron chi connectivity index (χ4n) is 5.18. The van der Waals surface area contributed by atoms with Gasteiger partial charge in [-0.3, -0.25) is 0 Å². The number of rotatable bonds is 0. The van der Waals surface area contributed by atoms with Gasteiger partial charge in [0.05, 0.1) is 0 Å². The van der Waals surface area contributed by atoms with Gasteiger partial charge in [-0.15, -0.1) is 0 Å². The summed E-state index contributed by atoms with van der Waals surface area (Å²) in [6.45, 7) is 1.22. The van der Waals surface area contributed by atoms with Gasteiger partial charge in [-0.2, -0.15) is 0 Å². The van der Waals surface area contributed by atoms with E-state index >= 15 is 0 Å². The van der Waals surface area contributed by atoms with Gasteiger partial charge < -0.3 is 10.0 Å². The summed E-state index contributed by atoms with van der Waals surface area (Å²) in [6.07, 6.45) is 7.93. The predicted molar refractivity (Wildman–Crippen MR) is 76.5 cm³/mol. The Balaban J connectivity index is 1.90. The summed E-state index contributed by atoms with van der Waals surface area (Å²) < 4.78 is 0. The van der Waals surface area contributed by atoms with Crippen LogP contribution in [-0.4, -0.2) is 29.6 Å². The molecule has 2 aliphatic carbocycles. The molecule has 1 saturated carbocycles. The van der Waals surface area contributed by atoms with Gasteiger partial charge in [0.2, 0.25) is 0 Å². The fourth-order valence-corrected chi connectivity index (χ4v) is 5.18.